The molecule has 0 bridgehead atoms. The Morgan fingerprint density at radius 2 is 0.789 bits per heavy atom. The van der Waals surface area contributed by atoms with Crippen molar-refractivity contribution < 1.29 is 93.5 Å². The molecule has 10 N–H and O–H groups in total. The molecule has 0 saturated carbocycles. The van der Waals surface area contributed by atoms with Gasteiger partial charge < -0.3 is 64.0 Å². The number of rotatable bonds is 0. The summed E-state index contributed by atoms with van der Waals surface area (Å²) in [6, 6.07) is 0. The summed E-state index contributed by atoms with van der Waals surface area (Å²) in [7, 11) is -7.59. The summed E-state index contributed by atoms with van der Waals surface area (Å²) in [5.74, 6) is 0. The molecule has 13 nitrogen and oxygen atoms in total. The van der Waals surface area contributed by atoms with Crippen LogP contribution in [0, 0.1) is 0 Å². The molecule has 0 unspecified atom stereocenters. The zero-order chi connectivity index (χ0) is 11.1. The zero-order valence-corrected chi connectivity index (χ0v) is 11.6. The van der Waals surface area contributed by atoms with Crippen LogP contribution in [0.5, 0.6) is 0 Å². The van der Waals surface area contributed by atoms with Gasteiger partial charge in [0.25, 0.3) is 0 Å². The Morgan fingerprint density at radius 1 is 0.579 bits per heavy atom. The molecule has 19 heteroatoms. The first-order valence-electron chi connectivity index (χ1n) is 3.86. The van der Waals surface area contributed by atoms with E-state index in [9.17, 15) is 0 Å². The molecule has 2 aliphatic heterocycles. The summed E-state index contributed by atoms with van der Waals surface area (Å²) in [5.41, 5.74) is 0. The van der Waals surface area contributed by atoms with Crippen molar-refractivity contribution in [3.05, 3.63) is 0 Å². The van der Waals surface area contributed by atoms with E-state index in [2.05, 4.69) is 27.4 Å². The van der Waals surface area contributed by atoms with E-state index in [1.54, 1.807) is 0 Å². The molecule has 0 atom stereocenters. The van der Waals surface area contributed by atoms with E-state index in [1.807, 2.05) is 0 Å². The third kappa shape index (κ3) is 6.40. The van der Waals surface area contributed by atoms with E-state index in [0.717, 1.165) is 0 Å². The maximum absolute atomic E-state index is 8.94. The topological polar surface area (TPSA) is 231 Å². The van der Waals surface area contributed by atoms with Gasteiger partial charge in [0.2, 0.25) is 0 Å². The fraction of sp³-hybridized carbons (Fsp3) is 0. The van der Waals surface area contributed by atoms with E-state index >= 15 is 0 Å². The molecule has 104 valence electrons. The summed E-state index contributed by atoms with van der Waals surface area (Å²) in [4.78, 5) is 0. The van der Waals surface area contributed by atoms with Crippen molar-refractivity contribution in [3.8, 4) is 0 Å². The SMILES string of the molecule is O.O.O.OB1OB(O)O[B-]2(O1)OB(O)OB(O)O2.[Na+]. The molecule has 0 amide bonds. The second-order valence-electron chi connectivity index (χ2n) is 2.62. The van der Waals surface area contributed by atoms with Crippen LogP contribution >= 0.6 is 0 Å². The van der Waals surface area contributed by atoms with Crippen LogP contribution in [-0.2, 0) is 27.4 Å². The molecule has 2 saturated heterocycles. The molecule has 0 aromatic carbocycles. The van der Waals surface area contributed by atoms with Crippen LogP contribution in [0.1, 0.15) is 0 Å². The smallest absolute Gasteiger partial charge is 0.539 e. The van der Waals surface area contributed by atoms with Gasteiger partial charge in [-0.1, -0.05) is 0 Å². The van der Waals surface area contributed by atoms with Crippen LogP contribution in [0.25, 0.3) is 0 Å². The van der Waals surface area contributed by atoms with Crippen molar-refractivity contribution in [1.82, 2.24) is 0 Å². The first-order chi connectivity index (χ1) is 6.99. The Labute approximate surface area is 130 Å². The maximum atomic E-state index is 8.94. The van der Waals surface area contributed by atoms with Crippen molar-refractivity contribution >= 4 is 36.2 Å². The fourth-order valence-corrected chi connectivity index (χ4v) is 1.09. The Morgan fingerprint density at radius 3 is 1.00 bits per heavy atom. The third-order valence-electron chi connectivity index (χ3n) is 1.60. The van der Waals surface area contributed by atoms with Crippen LogP contribution < -0.4 is 29.6 Å². The van der Waals surface area contributed by atoms with Gasteiger partial charge in [0.05, 0.1) is 0 Å². The predicted octanol–water partition coefficient (Wildman–Crippen LogP) is -10.0. The van der Waals surface area contributed by atoms with E-state index in [4.69, 9.17) is 20.1 Å². The maximum Gasteiger partial charge on any atom is 1.00 e. The molecule has 0 aromatic heterocycles. The molecule has 2 fully saturated rings. The summed E-state index contributed by atoms with van der Waals surface area (Å²) in [5, 5.41) is 35.7. The van der Waals surface area contributed by atoms with Crippen molar-refractivity contribution in [2.45, 2.75) is 0 Å². The minimum Gasteiger partial charge on any atom is -0.539 e. The van der Waals surface area contributed by atoms with Gasteiger partial charge in [-0.25, -0.2) is 0 Å². The van der Waals surface area contributed by atoms with Gasteiger partial charge in [-0.05, 0) is 0 Å². The van der Waals surface area contributed by atoms with Crippen molar-refractivity contribution in [3.63, 3.8) is 0 Å². The molecule has 1 spiro atoms. The van der Waals surface area contributed by atoms with Crippen molar-refractivity contribution in [2.75, 3.05) is 0 Å². The molecule has 0 aliphatic carbocycles. The van der Waals surface area contributed by atoms with Gasteiger partial charge in [-0.3, -0.25) is 0 Å². The van der Waals surface area contributed by atoms with E-state index in [0.29, 0.717) is 0 Å². The summed E-state index contributed by atoms with van der Waals surface area (Å²) >= 11 is 0. The van der Waals surface area contributed by atoms with Gasteiger partial charge >= 0.3 is 65.8 Å². The first kappa shape index (κ1) is 24.8. The minimum atomic E-state index is -3.21. The molecule has 2 rings (SSSR count). The minimum absolute atomic E-state index is 0. The van der Waals surface area contributed by atoms with Crippen LogP contribution in [0.15, 0.2) is 0 Å². The normalized spacial score (nSPS) is 20.8. The standard InChI is InChI=1S/B5H4O10.Na.3H2O/c6-1-10-2(7)13-5(12-1)14-3(8)11-4(9)15-5;;;;/h6-9H;;3*1H2/q-1;+1;;;. The van der Waals surface area contributed by atoms with Crippen molar-refractivity contribution in [1.29, 1.82) is 0 Å². The van der Waals surface area contributed by atoms with Crippen molar-refractivity contribution in [2.24, 2.45) is 0 Å². The summed E-state index contributed by atoms with van der Waals surface area (Å²) < 4.78 is 26.4. The Hall–Kier alpha value is 0.805. The molecule has 19 heavy (non-hydrogen) atoms. The van der Waals surface area contributed by atoms with Crippen LogP contribution in [0.4, 0.5) is 0 Å². The molecule has 2 heterocycles. The zero-order valence-electron chi connectivity index (χ0n) is 9.63. The largest absolute Gasteiger partial charge is 1.00 e. The monoisotopic (exact) mass is 296 g/mol. The Balaban J connectivity index is -0.000000640. The summed E-state index contributed by atoms with van der Waals surface area (Å²) in [6.45, 7) is -3.21. The molecule has 0 aromatic rings. The number of hydrogen-bond acceptors (Lipinski definition) is 10. The third-order valence-corrected chi connectivity index (χ3v) is 1.60. The van der Waals surface area contributed by atoms with Crippen LogP contribution in [-0.4, -0.2) is 72.8 Å². The molecule has 0 radical (unpaired) electrons. The van der Waals surface area contributed by atoms with Gasteiger partial charge in [-0.15, -0.1) is 0 Å². The Kier molecular flexibility index (Phi) is 12.6. The quantitative estimate of drug-likeness (QED) is 0.308. The van der Waals surface area contributed by atoms with E-state index in [-0.39, 0.29) is 46.0 Å². The number of hydrogen-bond donors (Lipinski definition) is 4. The van der Waals surface area contributed by atoms with E-state index in [1.165, 1.54) is 0 Å². The van der Waals surface area contributed by atoms with Crippen LogP contribution in [0.3, 0.4) is 0 Å². The fourth-order valence-electron chi connectivity index (χ4n) is 1.09. The average Bonchev–Trinajstić information content (AvgIpc) is 1.96. The first-order valence-corrected chi connectivity index (χ1v) is 3.86. The van der Waals surface area contributed by atoms with Gasteiger partial charge in [0.1, 0.15) is 0 Å². The second kappa shape index (κ2) is 9.69. The Bertz CT molecular complexity index is 192. The van der Waals surface area contributed by atoms with E-state index < -0.39 is 36.2 Å². The average molecular weight is 295 g/mol. The van der Waals surface area contributed by atoms with Crippen LogP contribution in [0.2, 0.25) is 0 Å². The molecular weight excluding hydrogens is 285 g/mol. The summed E-state index contributed by atoms with van der Waals surface area (Å²) in [6.07, 6.45) is 0. The van der Waals surface area contributed by atoms with Gasteiger partial charge in [0, 0.05) is 0 Å². The molecular formula is H10B5NaO13. The predicted molar refractivity (Wildman–Crippen MR) is 55.0 cm³/mol. The van der Waals surface area contributed by atoms with Gasteiger partial charge in [-0.2, -0.15) is 0 Å². The second-order valence-corrected chi connectivity index (χ2v) is 2.62. The van der Waals surface area contributed by atoms with Gasteiger partial charge in [0.15, 0.2) is 0 Å². The molecule has 2 aliphatic rings.